The second-order valence-corrected chi connectivity index (χ2v) is 7.70. The van der Waals surface area contributed by atoms with Gasteiger partial charge in [0.2, 0.25) is 0 Å². The molecule has 0 unspecified atom stereocenters. The van der Waals surface area contributed by atoms with Crippen LogP contribution in [0.4, 0.5) is 0 Å². The summed E-state index contributed by atoms with van der Waals surface area (Å²) >= 11 is 0. The molecule has 0 amide bonds. The zero-order valence-electron chi connectivity index (χ0n) is 16.2. The molecule has 2 aromatic carbocycles. The second kappa shape index (κ2) is 7.25. The summed E-state index contributed by atoms with van der Waals surface area (Å²) < 4.78 is 6.04. The fourth-order valence-corrected chi connectivity index (χ4v) is 4.17. The number of ether oxygens (including phenoxy) is 1. The molecule has 0 saturated carbocycles. The molecule has 140 valence electrons. The number of benzene rings is 2. The maximum Gasteiger partial charge on any atom is 0.123 e. The summed E-state index contributed by atoms with van der Waals surface area (Å²) in [5, 5.41) is 0. The van der Waals surface area contributed by atoms with E-state index in [-0.39, 0.29) is 0 Å². The Kier molecular flexibility index (Phi) is 4.46. The van der Waals surface area contributed by atoms with E-state index in [2.05, 4.69) is 70.6 Å². The van der Waals surface area contributed by atoms with Gasteiger partial charge in [0, 0.05) is 30.9 Å². The zero-order chi connectivity index (χ0) is 18.9. The van der Waals surface area contributed by atoms with Crippen molar-refractivity contribution in [3.8, 4) is 5.75 Å². The van der Waals surface area contributed by atoms with Gasteiger partial charge in [0.1, 0.15) is 12.4 Å². The van der Waals surface area contributed by atoms with Crippen molar-refractivity contribution in [3.63, 3.8) is 0 Å². The number of hydrogen-bond donors (Lipinski definition) is 0. The van der Waals surface area contributed by atoms with Crippen LogP contribution in [0.5, 0.6) is 5.75 Å². The first-order valence-electron chi connectivity index (χ1n) is 9.94. The van der Waals surface area contributed by atoms with Crippen LogP contribution in [-0.4, -0.2) is 23.0 Å². The van der Waals surface area contributed by atoms with E-state index in [0.29, 0.717) is 6.61 Å². The fourth-order valence-electron chi connectivity index (χ4n) is 4.17. The molecular formula is C25H24N2O. The highest BCUT2D eigenvalue weighted by Crippen LogP contribution is 2.34. The highest BCUT2D eigenvalue weighted by Gasteiger charge is 2.19. The average Bonchev–Trinajstić information content (AvgIpc) is 3.03. The summed E-state index contributed by atoms with van der Waals surface area (Å²) in [6.07, 6.45) is 3.33. The van der Waals surface area contributed by atoms with Crippen LogP contribution in [-0.2, 0) is 19.5 Å². The number of aryl methyl sites for hydroxylation is 1. The van der Waals surface area contributed by atoms with E-state index in [1.54, 1.807) is 0 Å². The Morgan fingerprint density at radius 1 is 1.00 bits per heavy atom. The number of fused-ring (bicyclic) bond motifs is 2. The zero-order valence-corrected chi connectivity index (χ0v) is 16.2. The van der Waals surface area contributed by atoms with E-state index < -0.39 is 0 Å². The van der Waals surface area contributed by atoms with Crippen LogP contribution in [0.3, 0.4) is 0 Å². The van der Waals surface area contributed by atoms with Crippen molar-refractivity contribution < 1.29 is 4.74 Å². The molecule has 2 aliphatic rings. The van der Waals surface area contributed by atoms with E-state index in [0.717, 1.165) is 43.2 Å². The van der Waals surface area contributed by atoms with E-state index >= 15 is 0 Å². The van der Waals surface area contributed by atoms with Crippen LogP contribution in [0.25, 0.3) is 11.6 Å². The van der Waals surface area contributed by atoms with Crippen molar-refractivity contribution in [1.82, 2.24) is 9.88 Å². The van der Waals surface area contributed by atoms with E-state index in [1.807, 2.05) is 13.0 Å². The van der Waals surface area contributed by atoms with Crippen LogP contribution in [0, 0.1) is 6.92 Å². The quantitative estimate of drug-likeness (QED) is 0.659. The minimum atomic E-state index is 0.715. The van der Waals surface area contributed by atoms with E-state index in [4.69, 9.17) is 4.74 Å². The maximum atomic E-state index is 6.04. The summed E-state index contributed by atoms with van der Waals surface area (Å²) in [5.41, 5.74) is 8.90. The highest BCUT2D eigenvalue weighted by molar-refractivity contribution is 5.88. The van der Waals surface area contributed by atoms with Crippen molar-refractivity contribution in [2.45, 2.75) is 26.4 Å². The van der Waals surface area contributed by atoms with Crippen molar-refractivity contribution in [3.05, 3.63) is 94.3 Å². The van der Waals surface area contributed by atoms with Crippen molar-refractivity contribution in [1.29, 1.82) is 0 Å². The van der Waals surface area contributed by atoms with Gasteiger partial charge in [0.25, 0.3) is 0 Å². The minimum absolute atomic E-state index is 0.715. The van der Waals surface area contributed by atoms with Gasteiger partial charge in [0.05, 0.1) is 5.69 Å². The van der Waals surface area contributed by atoms with Gasteiger partial charge in [0.15, 0.2) is 0 Å². The molecule has 1 aromatic heterocycles. The molecule has 2 heterocycles. The van der Waals surface area contributed by atoms with Crippen LogP contribution < -0.4 is 4.74 Å². The Bertz CT molecular complexity index is 1050. The van der Waals surface area contributed by atoms with E-state index in [1.165, 1.54) is 27.8 Å². The molecule has 0 spiro atoms. The molecule has 0 fully saturated rings. The van der Waals surface area contributed by atoms with Crippen LogP contribution in [0.1, 0.15) is 33.6 Å². The Labute approximate surface area is 166 Å². The van der Waals surface area contributed by atoms with Crippen molar-refractivity contribution in [2.24, 2.45) is 0 Å². The Hall–Kier alpha value is -2.91. The molecule has 0 saturated heterocycles. The van der Waals surface area contributed by atoms with Gasteiger partial charge in [-0.1, -0.05) is 42.5 Å². The number of nitrogens with zero attached hydrogens (tertiary/aromatic N) is 2. The fraction of sp³-hybridized carbons (Fsp3) is 0.240. The van der Waals surface area contributed by atoms with Gasteiger partial charge < -0.3 is 4.74 Å². The first kappa shape index (κ1) is 17.2. The SMILES string of the molecule is Cc1cccc(CN2CCOc3ccc(C4=Cc5ccccc5C4)cc3C2)n1. The molecule has 5 rings (SSSR count). The number of hydrogen-bond acceptors (Lipinski definition) is 3. The third kappa shape index (κ3) is 3.46. The topological polar surface area (TPSA) is 25.4 Å². The predicted molar refractivity (Wildman–Crippen MR) is 113 cm³/mol. The lowest BCUT2D eigenvalue weighted by Gasteiger charge is -2.19. The number of pyridine rings is 1. The number of allylic oxidation sites excluding steroid dienone is 1. The molecule has 3 heteroatoms. The molecule has 28 heavy (non-hydrogen) atoms. The van der Waals surface area contributed by atoms with Crippen LogP contribution in [0.15, 0.2) is 60.7 Å². The number of rotatable bonds is 3. The molecule has 0 N–H and O–H groups in total. The summed E-state index contributed by atoms with van der Waals surface area (Å²) in [6, 6.07) is 21.6. The molecule has 3 nitrogen and oxygen atoms in total. The molecule has 1 aliphatic heterocycles. The molecule has 1 aliphatic carbocycles. The molecule has 3 aromatic rings. The Balaban J connectivity index is 1.39. The summed E-state index contributed by atoms with van der Waals surface area (Å²) in [7, 11) is 0. The lowest BCUT2D eigenvalue weighted by Crippen LogP contribution is -2.25. The average molecular weight is 368 g/mol. The smallest absolute Gasteiger partial charge is 0.123 e. The third-order valence-electron chi connectivity index (χ3n) is 5.59. The molecular weight excluding hydrogens is 344 g/mol. The summed E-state index contributed by atoms with van der Waals surface area (Å²) in [6.45, 7) is 5.41. The van der Waals surface area contributed by atoms with Gasteiger partial charge in [-0.05, 0) is 59.9 Å². The third-order valence-corrected chi connectivity index (χ3v) is 5.59. The lowest BCUT2D eigenvalue weighted by molar-refractivity contribution is 0.217. The van der Waals surface area contributed by atoms with Gasteiger partial charge >= 0.3 is 0 Å². The first-order valence-corrected chi connectivity index (χ1v) is 9.94. The van der Waals surface area contributed by atoms with Gasteiger partial charge in [-0.3, -0.25) is 9.88 Å². The number of aromatic nitrogens is 1. The standard InChI is InChI=1S/C25H24N2O/c1-18-5-4-8-24(26-18)17-27-11-12-28-25-10-9-21(15-23(25)16-27)22-13-19-6-2-3-7-20(19)14-22/h2-10,13,15H,11-12,14,16-17H2,1H3. The van der Waals surface area contributed by atoms with Crippen molar-refractivity contribution >= 4 is 11.6 Å². The van der Waals surface area contributed by atoms with Gasteiger partial charge in [-0.25, -0.2) is 0 Å². The predicted octanol–water partition coefficient (Wildman–Crippen LogP) is 4.88. The molecule has 0 radical (unpaired) electrons. The summed E-state index contributed by atoms with van der Waals surface area (Å²) in [5.74, 6) is 1.01. The van der Waals surface area contributed by atoms with Crippen molar-refractivity contribution in [2.75, 3.05) is 13.2 Å². The molecule has 0 atom stereocenters. The highest BCUT2D eigenvalue weighted by atomic mass is 16.5. The minimum Gasteiger partial charge on any atom is -0.492 e. The second-order valence-electron chi connectivity index (χ2n) is 7.70. The molecule has 0 bridgehead atoms. The van der Waals surface area contributed by atoms with Gasteiger partial charge in [-0.15, -0.1) is 0 Å². The normalized spacial score (nSPS) is 16.0. The van der Waals surface area contributed by atoms with Gasteiger partial charge in [-0.2, -0.15) is 0 Å². The largest absolute Gasteiger partial charge is 0.492 e. The summed E-state index contributed by atoms with van der Waals surface area (Å²) in [4.78, 5) is 7.09. The Morgan fingerprint density at radius 2 is 1.93 bits per heavy atom. The lowest BCUT2D eigenvalue weighted by atomic mass is 10.0. The first-order chi connectivity index (χ1) is 13.7. The van der Waals surface area contributed by atoms with Crippen LogP contribution >= 0.6 is 0 Å². The maximum absolute atomic E-state index is 6.04. The monoisotopic (exact) mass is 368 g/mol. The van der Waals surface area contributed by atoms with E-state index in [9.17, 15) is 0 Å². The van der Waals surface area contributed by atoms with Crippen LogP contribution in [0.2, 0.25) is 0 Å². The Morgan fingerprint density at radius 3 is 2.82 bits per heavy atom.